The van der Waals surface area contributed by atoms with Gasteiger partial charge in [0.2, 0.25) is 0 Å². The van der Waals surface area contributed by atoms with Crippen LogP contribution in [0.3, 0.4) is 0 Å². The van der Waals surface area contributed by atoms with E-state index in [1.54, 1.807) is 19.9 Å². The summed E-state index contributed by atoms with van der Waals surface area (Å²) in [5, 5.41) is 9.41. The van der Waals surface area contributed by atoms with Crippen LogP contribution in [0.25, 0.3) is 11.1 Å². The summed E-state index contributed by atoms with van der Waals surface area (Å²) in [5.74, 6) is 0.646. The molecule has 2 aromatic carbocycles. The van der Waals surface area contributed by atoms with Gasteiger partial charge in [-0.05, 0) is 73.9 Å². The predicted molar refractivity (Wildman–Crippen MR) is 142 cm³/mol. The number of hydrogen-bond acceptors (Lipinski definition) is 4. The molecule has 6 nitrogen and oxygen atoms in total. The maximum Gasteiger partial charge on any atom is 0.347 e. The number of benzene rings is 2. The summed E-state index contributed by atoms with van der Waals surface area (Å²) in [4.78, 5) is 31.9. The number of carboxylic acid groups (broad SMARTS) is 1. The molecule has 0 aromatic heterocycles. The minimum absolute atomic E-state index is 0.180. The largest absolute Gasteiger partial charge is 0.478 e. The van der Waals surface area contributed by atoms with Crippen molar-refractivity contribution in [2.24, 2.45) is 4.99 Å². The number of aliphatic imine (C=N–C) groups is 1. The second-order valence-electron chi connectivity index (χ2n) is 10.6. The SMILES string of the molecule is CCCCC1=NC2(CCCC2)C(=O)N1Cc1ccc(-c2cccc(OC(C)(C)C(=O)O)c2)c(CC)c1. The monoisotopic (exact) mass is 490 g/mol. The van der Waals surface area contributed by atoms with Gasteiger partial charge >= 0.3 is 5.97 Å². The molecule has 1 spiro atoms. The van der Waals surface area contributed by atoms with Crippen LogP contribution in [0.5, 0.6) is 5.75 Å². The van der Waals surface area contributed by atoms with E-state index in [4.69, 9.17) is 9.73 Å². The first-order valence-corrected chi connectivity index (χ1v) is 13.2. The zero-order chi connectivity index (χ0) is 25.9. The van der Waals surface area contributed by atoms with Gasteiger partial charge in [-0.15, -0.1) is 0 Å². The number of nitrogens with zero attached hydrogens (tertiary/aromatic N) is 2. The number of hydrogen-bond donors (Lipinski definition) is 1. The molecule has 192 valence electrons. The minimum Gasteiger partial charge on any atom is -0.478 e. The van der Waals surface area contributed by atoms with Crippen LogP contribution in [0.4, 0.5) is 0 Å². The third kappa shape index (κ3) is 5.18. The second kappa shape index (κ2) is 10.5. The third-order valence-corrected chi connectivity index (χ3v) is 7.41. The molecule has 1 heterocycles. The zero-order valence-electron chi connectivity index (χ0n) is 22.0. The van der Waals surface area contributed by atoms with Crippen LogP contribution in [0.2, 0.25) is 0 Å². The number of aryl methyl sites for hydroxylation is 1. The number of amides is 1. The standard InChI is InChI=1S/C30H38N2O4/c1-5-7-13-26-31-30(16-8-9-17-30)27(33)32(26)20-21-14-15-25(22(6-2)18-21)23-11-10-12-24(19-23)36-29(3,4)28(34)35/h10-12,14-15,18-19H,5-9,13,16-17,20H2,1-4H3,(H,34,35). The van der Waals surface area contributed by atoms with Crippen molar-refractivity contribution in [3.05, 3.63) is 53.6 Å². The van der Waals surface area contributed by atoms with Crippen molar-refractivity contribution in [3.63, 3.8) is 0 Å². The summed E-state index contributed by atoms with van der Waals surface area (Å²) in [5.41, 5.74) is 2.51. The number of amidine groups is 1. The van der Waals surface area contributed by atoms with Gasteiger partial charge in [0.05, 0.1) is 6.54 Å². The summed E-state index contributed by atoms with van der Waals surface area (Å²) in [6, 6.07) is 14.0. The summed E-state index contributed by atoms with van der Waals surface area (Å²) < 4.78 is 5.76. The summed E-state index contributed by atoms with van der Waals surface area (Å²) in [6.07, 6.45) is 7.69. The van der Waals surface area contributed by atoms with Gasteiger partial charge in [-0.1, -0.05) is 63.4 Å². The zero-order valence-corrected chi connectivity index (χ0v) is 22.0. The van der Waals surface area contributed by atoms with Crippen LogP contribution < -0.4 is 4.74 Å². The smallest absolute Gasteiger partial charge is 0.347 e. The molecule has 1 saturated carbocycles. The molecular formula is C30H38N2O4. The molecule has 4 rings (SSSR count). The first-order chi connectivity index (χ1) is 17.2. The van der Waals surface area contributed by atoms with Gasteiger partial charge in [-0.25, -0.2) is 4.79 Å². The van der Waals surface area contributed by atoms with Gasteiger partial charge in [0, 0.05) is 6.42 Å². The van der Waals surface area contributed by atoms with Crippen molar-refractivity contribution < 1.29 is 19.4 Å². The molecule has 1 aliphatic carbocycles. The molecule has 2 aliphatic rings. The molecule has 0 saturated heterocycles. The van der Waals surface area contributed by atoms with E-state index in [0.717, 1.165) is 73.9 Å². The van der Waals surface area contributed by atoms with Crippen molar-refractivity contribution in [2.75, 3.05) is 0 Å². The fourth-order valence-corrected chi connectivity index (χ4v) is 5.27. The van der Waals surface area contributed by atoms with E-state index in [1.165, 1.54) is 5.56 Å². The lowest BCUT2D eigenvalue weighted by Crippen LogP contribution is -2.40. The van der Waals surface area contributed by atoms with Gasteiger partial charge in [0.1, 0.15) is 17.1 Å². The Morgan fingerprint density at radius 1 is 1.14 bits per heavy atom. The van der Waals surface area contributed by atoms with Gasteiger partial charge in [0.15, 0.2) is 5.60 Å². The van der Waals surface area contributed by atoms with Crippen LogP contribution in [-0.4, -0.2) is 38.9 Å². The van der Waals surface area contributed by atoms with Crippen LogP contribution >= 0.6 is 0 Å². The molecular weight excluding hydrogens is 452 g/mol. The number of unbranched alkanes of at least 4 members (excludes halogenated alkanes) is 1. The molecule has 1 aliphatic heterocycles. The fraction of sp³-hybridized carbons (Fsp3) is 0.500. The van der Waals surface area contributed by atoms with Crippen molar-refractivity contribution in [1.29, 1.82) is 0 Å². The normalized spacial score (nSPS) is 17.1. The Hall–Kier alpha value is -3.15. The number of carboxylic acids is 1. The quantitative estimate of drug-likeness (QED) is 0.418. The highest BCUT2D eigenvalue weighted by Gasteiger charge is 2.49. The van der Waals surface area contributed by atoms with E-state index in [1.807, 2.05) is 23.1 Å². The summed E-state index contributed by atoms with van der Waals surface area (Å²) in [7, 11) is 0. The number of carbonyl (C=O) groups excluding carboxylic acids is 1. The van der Waals surface area contributed by atoms with Crippen molar-refractivity contribution >= 4 is 17.7 Å². The van der Waals surface area contributed by atoms with Crippen molar-refractivity contribution in [3.8, 4) is 16.9 Å². The van der Waals surface area contributed by atoms with Gasteiger partial charge in [0.25, 0.3) is 5.91 Å². The average molecular weight is 491 g/mol. The van der Waals surface area contributed by atoms with E-state index in [0.29, 0.717) is 12.3 Å². The fourth-order valence-electron chi connectivity index (χ4n) is 5.27. The molecule has 0 atom stereocenters. The topological polar surface area (TPSA) is 79.2 Å². The van der Waals surface area contributed by atoms with E-state index >= 15 is 0 Å². The van der Waals surface area contributed by atoms with Crippen LogP contribution in [0.15, 0.2) is 47.5 Å². The number of ether oxygens (including phenoxy) is 1. The highest BCUT2D eigenvalue weighted by Crippen LogP contribution is 2.40. The Bertz CT molecular complexity index is 1160. The predicted octanol–water partition coefficient (Wildman–Crippen LogP) is 6.40. The van der Waals surface area contributed by atoms with Crippen molar-refractivity contribution in [2.45, 2.75) is 96.7 Å². The van der Waals surface area contributed by atoms with E-state index in [9.17, 15) is 14.7 Å². The molecule has 6 heteroatoms. The highest BCUT2D eigenvalue weighted by molar-refractivity contribution is 6.08. The Kier molecular flexibility index (Phi) is 7.53. The third-order valence-electron chi connectivity index (χ3n) is 7.41. The summed E-state index contributed by atoms with van der Waals surface area (Å²) >= 11 is 0. The molecule has 0 bridgehead atoms. The van der Waals surface area contributed by atoms with E-state index in [-0.39, 0.29) is 5.91 Å². The molecule has 36 heavy (non-hydrogen) atoms. The molecule has 2 aromatic rings. The van der Waals surface area contributed by atoms with Gasteiger partial charge in [-0.2, -0.15) is 0 Å². The van der Waals surface area contributed by atoms with Crippen LogP contribution in [0, 0.1) is 0 Å². The first kappa shape index (κ1) is 25.9. The van der Waals surface area contributed by atoms with Gasteiger partial charge < -0.3 is 9.84 Å². The maximum atomic E-state index is 13.5. The van der Waals surface area contributed by atoms with E-state index < -0.39 is 17.1 Å². The molecule has 0 unspecified atom stereocenters. The van der Waals surface area contributed by atoms with E-state index in [2.05, 4.69) is 32.0 Å². The lowest BCUT2D eigenvalue weighted by Gasteiger charge is -2.23. The lowest BCUT2D eigenvalue weighted by atomic mass is 9.95. The Morgan fingerprint density at radius 3 is 2.56 bits per heavy atom. The highest BCUT2D eigenvalue weighted by atomic mass is 16.5. The second-order valence-corrected chi connectivity index (χ2v) is 10.6. The maximum absolute atomic E-state index is 13.5. The van der Waals surface area contributed by atoms with Gasteiger partial charge in [-0.3, -0.25) is 14.7 Å². The lowest BCUT2D eigenvalue weighted by molar-refractivity contribution is -0.152. The van der Waals surface area contributed by atoms with Crippen LogP contribution in [-0.2, 0) is 22.6 Å². The molecule has 1 N–H and O–H groups in total. The average Bonchev–Trinajstić information content (AvgIpc) is 3.43. The minimum atomic E-state index is -1.31. The molecule has 1 amide bonds. The first-order valence-electron chi connectivity index (χ1n) is 13.2. The Morgan fingerprint density at radius 2 is 1.89 bits per heavy atom. The number of rotatable bonds is 10. The number of aliphatic carboxylic acids is 1. The number of carbonyl (C=O) groups is 2. The summed E-state index contributed by atoms with van der Waals surface area (Å²) in [6.45, 7) is 7.93. The Labute approximate surface area is 214 Å². The molecule has 1 fully saturated rings. The Balaban J connectivity index is 1.58. The van der Waals surface area contributed by atoms with Crippen LogP contribution in [0.1, 0.15) is 83.8 Å². The molecule has 0 radical (unpaired) electrons. The van der Waals surface area contributed by atoms with Crippen molar-refractivity contribution in [1.82, 2.24) is 4.90 Å².